The van der Waals surface area contributed by atoms with Crippen molar-refractivity contribution in [3.63, 3.8) is 0 Å². The lowest BCUT2D eigenvalue weighted by Gasteiger charge is -2.11. The van der Waals surface area contributed by atoms with E-state index < -0.39 is 12.2 Å². The van der Waals surface area contributed by atoms with Crippen LogP contribution in [-0.2, 0) is 9.53 Å². The molecule has 1 aliphatic rings. The van der Waals surface area contributed by atoms with Crippen LogP contribution < -0.4 is 11.1 Å². The second kappa shape index (κ2) is 3.34. The maximum absolute atomic E-state index is 11.0. The number of esters is 1. The van der Waals surface area contributed by atoms with Crippen molar-refractivity contribution in [2.24, 2.45) is 10.7 Å². The lowest BCUT2D eigenvalue weighted by molar-refractivity contribution is -0.144. The molecule has 2 atom stereocenters. The van der Waals surface area contributed by atoms with Gasteiger partial charge in [-0.2, -0.15) is 0 Å². The fourth-order valence-electron chi connectivity index (χ4n) is 0.828. The number of nitrogens with one attached hydrogen (secondary N) is 1. The number of hydrogen-bond acceptors (Lipinski definition) is 5. The second-order valence-electron chi connectivity index (χ2n) is 2.17. The van der Waals surface area contributed by atoms with E-state index in [4.69, 9.17) is 10.5 Å². The quantitative estimate of drug-likeness (QED) is 0.495. The third-order valence-electron chi connectivity index (χ3n) is 1.37. The highest BCUT2D eigenvalue weighted by Gasteiger charge is 2.28. The highest BCUT2D eigenvalue weighted by atomic mass is 16.5. The van der Waals surface area contributed by atoms with Gasteiger partial charge in [0.05, 0.1) is 12.9 Å². The van der Waals surface area contributed by atoms with E-state index in [0.717, 1.165) is 0 Å². The monoisotopic (exact) mass is 157 g/mol. The van der Waals surface area contributed by atoms with Gasteiger partial charge >= 0.3 is 5.97 Å². The molecule has 0 aromatic carbocycles. The highest BCUT2D eigenvalue weighted by molar-refractivity contribution is 5.81. The van der Waals surface area contributed by atoms with Crippen LogP contribution in [-0.4, -0.2) is 31.1 Å². The van der Waals surface area contributed by atoms with E-state index in [-0.39, 0.29) is 5.97 Å². The van der Waals surface area contributed by atoms with E-state index >= 15 is 0 Å². The maximum Gasteiger partial charge on any atom is 0.334 e. The number of carbonyl (C=O) groups is 1. The first kappa shape index (κ1) is 8.00. The first-order valence-corrected chi connectivity index (χ1v) is 3.45. The minimum absolute atomic E-state index is 0.359. The van der Waals surface area contributed by atoms with Crippen molar-refractivity contribution in [2.45, 2.75) is 19.1 Å². The van der Waals surface area contributed by atoms with Gasteiger partial charge in [-0.3, -0.25) is 4.99 Å². The average Bonchev–Trinajstić information content (AvgIpc) is 2.36. The Hall–Kier alpha value is -1.10. The summed E-state index contributed by atoms with van der Waals surface area (Å²) in [5.41, 5.74) is 5.47. The van der Waals surface area contributed by atoms with Crippen molar-refractivity contribution in [2.75, 3.05) is 6.61 Å². The molecule has 62 valence electrons. The smallest absolute Gasteiger partial charge is 0.334 e. The van der Waals surface area contributed by atoms with Crippen molar-refractivity contribution in [3.8, 4) is 0 Å². The third-order valence-corrected chi connectivity index (χ3v) is 1.37. The Morgan fingerprint density at radius 1 is 1.91 bits per heavy atom. The zero-order valence-corrected chi connectivity index (χ0v) is 6.28. The summed E-state index contributed by atoms with van der Waals surface area (Å²) in [5.74, 6) is -0.374. The molecule has 0 saturated heterocycles. The number of aliphatic imine (C=N–C) groups is 1. The topological polar surface area (TPSA) is 76.7 Å². The lowest BCUT2D eigenvalue weighted by atomic mass is 10.3. The second-order valence-corrected chi connectivity index (χ2v) is 2.17. The van der Waals surface area contributed by atoms with Crippen molar-refractivity contribution < 1.29 is 9.53 Å². The molecule has 1 aliphatic heterocycles. The molecule has 0 spiro atoms. The molecule has 3 N–H and O–H groups in total. The molecule has 2 unspecified atom stereocenters. The summed E-state index contributed by atoms with van der Waals surface area (Å²) in [5, 5.41) is 2.69. The Bertz CT molecular complexity index is 181. The molecule has 0 fully saturated rings. The van der Waals surface area contributed by atoms with E-state index in [2.05, 4.69) is 10.3 Å². The maximum atomic E-state index is 11.0. The summed E-state index contributed by atoms with van der Waals surface area (Å²) < 4.78 is 4.72. The van der Waals surface area contributed by atoms with Gasteiger partial charge in [-0.25, -0.2) is 4.79 Å². The SMILES string of the molecule is CCOC(=O)C1N=CNC1N. The number of carbonyl (C=O) groups excluding carboxylic acids is 1. The van der Waals surface area contributed by atoms with Crippen LogP contribution in [0.3, 0.4) is 0 Å². The van der Waals surface area contributed by atoms with E-state index in [9.17, 15) is 4.79 Å². The summed E-state index contributed by atoms with van der Waals surface area (Å²) in [4.78, 5) is 14.8. The molecule has 11 heavy (non-hydrogen) atoms. The summed E-state index contributed by atoms with van der Waals surface area (Å²) in [6, 6.07) is -0.574. The van der Waals surface area contributed by atoms with Crippen LogP contribution in [0.2, 0.25) is 0 Å². The Morgan fingerprint density at radius 3 is 3.09 bits per heavy atom. The molecule has 0 aliphatic carbocycles. The number of nitrogens with two attached hydrogens (primary N) is 1. The molecule has 0 aromatic heterocycles. The van der Waals surface area contributed by atoms with Gasteiger partial charge in [0.1, 0.15) is 6.17 Å². The van der Waals surface area contributed by atoms with Crippen LogP contribution in [0, 0.1) is 0 Å². The Kier molecular flexibility index (Phi) is 2.43. The van der Waals surface area contributed by atoms with E-state index in [1.54, 1.807) is 6.92 Å². The zero-order valence-electron chi connectivity index (χ0n) is 6.28. The number of rotatable bonds is 2. The first-order chi connectivity index (χ1) is 5.25. The molecule has 0 amide bonds. The summed E-state index contributed by atoms with van der Waals surface area (Å²) in [7, 11) is 0. The zero-order chi connectivity index (χ0) is 8.27. The molecule has 5 nitrogen and oxygen atoms in total. The predicted octanol–water partition coefficient (Wildman–Crippen LogP) is -1.17. The third kappa shape index (κ3) is 1.68. The summed E-state index contributed by atoms with van der Waals surface area (Å²) >= 11 is 0. The Labute approximate surface area is 64.6 Å². The van der Waals surface area contributed by atoms with Crippen LogP contribution in [0.1, 0.15) is 6.92 Å². The van der Waals surface area contributed by atoms with Crippen molar-refractivity contribution in [1.29, 1.82) is 0 Å². The molecule has 0 saturated carbocycles. The minimum atomic E-state index is -0.574. The average molecular weight is 157 g/mol. The normalized spacial score (nSPS) is 28.2. The fraction of sp³-hybridized carbons (Fsp3) is 0.667. The van der Waals surface area contributed by atoms with Crippen molar-refractivity contribution in [1.82, 2.24) is 5.32 Å². The van der Waals surface area contributed by atoms with Crippen LogP contribution in [0.15, 0.2) is 4.99 Å². The first-order valence-electron chi connectivity index (χ1n) is 3.45. The largest absolute Gasteiger partial charge is 0.464 e. The van der Waals surface area contributed by atoms with Gasteiger partial charge in [-0.05, 0) is 6.92 Å². The van der Waals surface area contributed by atoms with Crippen LogP contribution in [0.5, 0.6) is 0 Å². The lowest BCUT2D eigenvalue weighted by Crippen LogP contribution is -2.44. The molecule has 1 heterocycles. The Balaban J connectivity index is 2.46. The van der Waals surface area contributed by atoms with Crippen molar-refractivity contribution >= 4 is 12.3 Å². The van der Waals surface area contributed by atoms with Crippen LogP contribution in [0.25, 0.3) is 0 Å². The van der Waals surface area contributed by atoms with Gasteiger partial charge < -0.3 is 15.8 Å². The molecule has 1 rings (SSSR count). The predicted molar refractivity (Wildman–Crippen MR) is 40.0 cm³/mol. The molecule has 0 bridgehead atoms. The molecular formula is C6H11N3O2. The van der Waals surface area contributed by atoms with Gasteiger partial charge in [0, 0.05) is 0 Å². The minimum Gasteiger partial charge on any atom is -0.464 e. The van der Waals surface area contributed by atoms with Gasteiger partial charge in [0.2, 0.25) is 0 Å². The van der Waals surface area contributed by atoms with Crippen molar-refractivity contribution in [3.05, 3.63) is 0 Å². The molecular weight excluding hydrogens is 146 g/mol. The molecule has 0 radical (unpaired) electrons. The van der Waals surface area contributed by atoms with E-state index in [1.807, 2.05) is 0 Å². The molecule has 5 heteroatoms. The molecule has 0 aromatic rings. The van der Waals surface area contributed by atoms with Gasteiger partial charge in [0.25, 0.3) is 0 Å². The van der Waals surface area contributed by atoms with Gasteiger partial charge in [-0.15, -0.1) is 0 Å². The number of ether oxygens (including phenoxy) is 1. The van der Waals surface area contributed by atoms with E-state index in [1.165, 1.54) is 6.34 Å². The number of nitrogens with zero attached hydrogens (tertiary/aromatic N) is 1. The van der Waals surface area contributed by atoms with Gasteiger partial charge in [-0.1, -0.05) is 0 Å². The highest BCUT2D eigenvalue weighted by Crippen LogP contribution is 2.01. The Morgan fingerprint density at radius 2 is 2.64 bits per heavy atom. The van der Waals surface area contributed by atoms with Crippen LogP contribution in [0.4, 0.5) is 0 Å². The summed E-state index contributed by atoms with van der Waals surface area (Å²) in [6.07, 6.45) is 0.987. The fourth-order valence-corrected chi connectivity index (χ4v) is 0.828. The van der Waals surface area contributed by atoms with Gasteiger partial charge in [0.15, 0.2) is 6.04 Å². The number of hydrogen-bond donors (Lipinski definition) is 2. The van der Waals surface area contributed by atoms with Crippen LogP contribution >= 0.6 is 0 Å². The van der Waals surface area contributed by atoms with E-state index in [0.29, 0.717) is 6.61 Å². The summed E-state index contributed by atoms with van der Waals surface area (Å²) in [6.45, 7) is 2.10. The standard InChI is InChI=1S/C6H11N3O2/c1-2-11-6(10)4-5(7)9-3-8-4/h3-5H,2,7H2,1H3,(H,8,9).